The molecule has 0 aliphatic heterocycles. The van der Waals surface area contributed by atoms with Crippen molar-refractivity contribution < 1.29 is 4.74 Å². The molecule has 0 spiro atoms. The third-order valence-electron chi connectivity index (χ3n) is 2.85. The van der Waals surface area contributed by atoms with Crippen molar-refractivity contribution in [1.29, 1.82) is 0 Å². The van der Waals surface area contributed by atoms with Crippen molar-refractivity contribution in [3.05, 3.63) is 44.3 Å². The topological polar surface area (TPSA) is 22.1 Å². The summed E-state index contributed by atoms with van der Waals surface area (Å²) in [6.07, 6.45) is 0. The highest BCUT2D eigenvalue weighted by atomic mass is 79.9. The average molecular weight is 375 g/mol. The van der Waals surface area contributed by atoms with Crippen molar-refractivity contribution in [3.8, 4) is 5.75 Å². The smallest absolute Gasteiger partial charge is 0.140 e. The number of aromatic nitrogens is 1. The van der Waals surface area contributed by atoms with Gasteiger partial charge < -0.3 is 4.74 Å². The van der Waals surface area contributed by atoms with Gasteiger partial charge in [-0.05, 0) is 22.0 Å². The van der Waals surface area contributed by atoms with E-state index in [2.05, 4.69) is 47.1 Å². The SMILES string of the molecule is CC(C)(C)c1csc(COc2c(Br)cccc2CCl)n1. The van der Waals surface area contributed by atoms with Gasteiger partial charge in [-0.1, -0.05) is 32.9 Å². The molecule has 0 N–H and O–H groups in total. The van der Waals surface area contributed by atoms with Crippen LogP contribution in [0.5, 0.6) is 5.75 Å². The molecule has 0 radical (unpaired) electrons. The van der Waals surface area contributed by atoms with Gasteiger partial charge in [-0.15, -0.1) is 22.9 Å². The van der Waals surface area contributed by atoms with E-state index in [-0.39, 0.29) is 5.41 Å². The zero-order chi connectivity index (χ0) is 14.8. The maximum absolute atomic E-state index is 5.94. The van der Waals surface area contributed by atoms with Crippen LogP contribution >= 0.6 is 38.9 Å². The standard InChI is InChI=1S/C15H17BrClNOS/c1-15(2,3)12-9-20-13(18-12)8-19-14-10(7-17)5-4-6-11(14)16/h4-6,9H,7-8H2,1-3H3. The van der Waals surface area contributed by atoms with Crippen LogP contribution in [0.4, 0.5) is 0 Å². The second-order valence-corrected chi connectivity index (χ2v) is 7.59. The molecule has 0 aliphatic rings. The van der Waals surface area contributed by atoms with Crippen LogP contribution < -0.4 is 4.74 Å². The predicted molar refractivity (Wildman–Crippen MR) is 88.8 cm³/mol. The Kier molecular flexibility index (Phi) is 5.10. The van der Waals surface area contributed by atoms with Crippen LogP contribution in [0.15, 0.2) is 28.1 Å². The number of hydrogen-bond donors (Lipinski definition) is 0. The third-order valence-corrected chi connectivity index (χ3v) is 4.59. The summed E-state index contributed by atoms with van der Waals surface area (Å²) in [6, 6.07) is 5.87. The van der Waals surface area contributed by atoms with Gasteiger partial charge in [-0.2, -0.15) is 0 Å². The van der Waals surface area contributed by atoms with Crippen molar-refractivity contribution in [2.24, 2.45) is 0 Å². The monoisotopic (exact) mass is 373 g/mol. The molecule has 0 amide bonds. The molecule has 2 aromatic rings. The van der Waals surface area contributed by atoms with Crippen molar-refractivity contribution in [2.45, 2.75) is 38.7 Å². The minimum Gasteiger partial charge on any atom is -0.485 e. The Bertz CT molecular complexity index is 592. The van der Waals surface area contributed by atoms with Crippen LogP contribution in [0.2, 0.25) is 0 Å². The molecule has 2 nitrogen and oxygen atoms in total. The number of nitrogens with zero attached hydrogens (tertiary/aromatic N) is 1. The number of rotatable bonds is 4. The zero-order valence-corrected chi connectivity index (χ0v) is 14.9. The van der Waals surface area contributed by atoms with E-state index in [1.807, 2.05) is 18.2 Å². The lowest BCUT2D eigenvalue weighted by atomic mass is 9.93. The minimum atomic E-state index is 0.0728. The largest absolute Gasteiger partial charge is 0.485 e. The molecule has 0 saturated carbocycles. The minimum absolute atomic E-state index is 0.0728. The molecule has 0 atom stereocenters. The second-order valence-electron chi connectivity index (χ2n) is 5.53. The molecule has 108 valence electrons. The van der Waals surface area contributed by atoms with Gasteiger partial charge in [-0.25, -0.2) is 4.98 Å². The van der Waals surface area contributed by atoms with Gasteiger partial charge in [0.25, 0.3) is 0 Å². The van der Waals surface area contributed by atoms with Gasteiger partial charge >= 0.3 is 0 Å². The summed E-state index contributed by atoms with van der Waals surface area (Å²) in [6.45, 7) is 6.94. The van der Waals surface area contributed by atoms with Crippen LogP contribution in [0.1, 0.15) is 37.0 Å². The number of alkyl halides is 1. The first-order valence-corrected chi connectivity index (χ1v) is 8.53. The van der Waals surface area contributed by atoms with E-state index >= 15 is 0 Å². The van der Waals surface area contributed by atoms with Gasteiger partial charge in [0.1, 0.15) is 17.4 Å². The summed E-state index contributed by atoms with van der Waals surface area (Å²) in [5.41, 5.74) is 2.16. The third kappa shape index (κ3) is 3.74. The molecule has 0 fully saturated rings. The number of halogens is 2. The molecule has 0 aliphatic carbocycles. The fourth-order valence-corrected chi connectivity index (χ4v) is 3.34. The average Bonchev–Trinajstić information content (AvgIpc) is 2.85. The van der Waals surface area contributed by atoms with Gasteiger partial charge in [0, 0.05) is 16.4 Å². The van der Waals surface area contributed by atoms with E-state index in [0.717, 1.165) is 26.5 Å². The summed E-state index contributed by atoms with van der Waals surface area (Å²) in [5, 5.41) is 3.08. The van der Waals surface area contributed by atoms with Gasteiger partial charge in [0.05, 0.1) is 16.0 Å². The lowest BCUT2D eigenvalue weighted by Gasteiger charge is -2.14. The highest BCUT2D eigenvalue weighted by molar-refractivity contribution is 9.10. The Morgan fingerprint density at radius 1 is 1.35 bits per heavy atom. The van der Waals surface area contributed by atoms with Crippen LogP contribution in [-0.2, 0) is 17.9 Å². The Hall–Kier alpha value is -0.580. The van der Waals surface area contributed by atoms with Gasteiger partial charge in [0.15, 0.2) is 0 Å². The van der Waals surface area contributed by atoms with Crippen molar-refractivity contribution in [1.82, 2.24) is 4.98 Å². The Morgan fingerprint density at radius 3 is 2.70 bits per heavy atom. The molecule has 5 heteroatoms. The molecule has 1 heterocycles. The summed E-state index contributed by atoms with van der Waals surface area (Å²) < 4.78 is 6.81. The lowest BCUT2D eigenvalue weighted by molar-refractivity contribution is 0.300. The van der Waals surface area contributed by atoms with Crippen LogP contribution in [0, 0.1) is 0 Å². The van der Waals surface area contributed by atoms with E-state index in [1.54, 1.807) is 11.3 Å². The van der Waals surface area contributed by atoms with Crippen molar-refractivity contribution in [2.75, 3.05) is 0 Å². The summed E-state index contributed by atoms with van der Waals surface area (Å²) in [4.78, 5) is 4.63. The lowest BCUT2D eigenvalue weighted by Crippen LogP contribution is -2.11. The zero-order valence-electron chi connectivity index (χ0n) is 11.7. The second kappa shape index (κ2) is 6.46. The highest BCUT2D eigenvalue weighted by Gasteiger charge is 2.17. The fourth-order valence-electron chi connectivity index (χ4n) is 1.68. The number of para-hydroxylation sites is 1. The van der Waals surface area contributed by atoms with Gasteiger partial charge in [0.2, 0.25) is 0 Å². The first kappa shape index (κ1) is 15.8. The quantitative estimate of drug-likeness (QED) is 0.657. The fraction of sp³-hybridized carbons (Fsp3) is 0.400. The Balaban J connectivity index is 2.11. The van der Waals surface area contributed by atoms with Crippen molar-refractivity contribution in [3.63, 3.8) is 0 Å². The van der Waals surface area contributed by atoms with Crippen LogP contribution in [-0.4, -0.2) is 4.98 Å². The van der Waals surface area contributed by atoms with Crippen LogP contribution in [0.3, 0.4) is 0 Å². The molecule has 1 aromatic carbocycles. The first-order chi connectivity index (χ1) is 9.41. The molecule has 0 bridgehead atoms. The normalized spacial score (nSPS) is 11.7. The van der Waals surface area contributed by atoms with E-state index < -0.39 is 0 Å². The molecule has 0 unspecified atom stereocenters. The maximum atomic E-state index is 5.94. The molecule has 0 saturated heterocycles. The Morgan fingerprint density at radius 2 is 2.10 bits per heavy atom. The number of ether oxygens (including phenoxy) is 1. The van der Waals surface area contributed by atoms with E-state index in [0.29, 0.717) is 12.5 Å². The summed E-state index contributed by atoms with van der Waals surface area (Å²) >= 11 is 11.1. The molecule has 1 aromatic heterocycles. The van der Waals surface area contributed by atoms with E-state index in [4.69, 9.17) is 16.3 Å². The summed E-state index contributed by atoms with van der Waals surface area (Å²) in [7, 11) is 0. The first-order valence-electron chi connectivity index (χ1n) is 6.33. The molecule has 2 rings (SSSR count). The maximum Gasteiger partial charge on any atom is 0.140 e. The van der Waals surface area contributed by atoms with E-state index in [9.17, 15) is 0 Å². The predicted octanol–water partition coefficient (Wildman–Crippen LogP) is 5.52. The van der Waals surface area contributed by atoms with Crippen molar-refractivity contribution >= 4 is 38.9 Å². The van der Waals surface area contributed by atoms with Gasteiger partial charge in [-0.3, -0.25) is 0 Å². The summed E-state index contributed by atoms with van der Waals surface area (Å²) in [5.74, 6) is 1.23. The molecular weight excluding hydrogens is 358 g/mol. The number of benzene rings is 1. The Labute approximate surface area is 137 Å². The molecular formula is C15H17BrClNOS. The number of hydrogen-bond acceptors (Lipinski definition) is 3. The number of thiazole rings is 1. The van der Waals surface area contributed by atoms with Crippen LogP contribution in [0.25, 0.3) is 0 Å². The highest BCUT2D eigenvalue weighted by Crippen LogP contribution is 2.31. The molecule has 20 heavy (non-hydrogen) atoms. The van der Waals surface area contributed by atoms with E-state index in [1.165, 1.54) is 0 Å².